The summed E-state index contributed by atoms with van der Waals surface area (Å²) in [6.45, 7) is 2.09. The zero-order chi connectivity index (χ0) is 16.8. The smallest absolute Gasteiger partial charge is 0.244 e. The van der Waals surface area contributed by atoms with Crippen molar-refractivity contribution in [1.29, 1.82) is 0 Å². The molecule has 0 aromatic heterocycles. The van der Waals surface area contributed by atoms with E-state index in [4.69, 9.17) is 9.47 Å². The third-order valence-corrected chi connectivity index (χ3v) is 3.48. The molecule has 2 aromatic rings. The molecule has 0 atom stereocenters. The van der Waals surface area contributed by atoms with Crippen LogP contribution in [0.1, 0.15) is 18.1 Å². The fraction of sp³-hybridized carbons (Fsp3) is 0.158. The summed E-state index contributed by atoms with van der Waals surface area (Å²) >= 11 is 0. The van der Waals surface area contributed by atoms with Gasteiger partial charge in [-0.25, -0.2) is 5.43 Å². The monoisotopic (exact) mass is 322 g/mol. The van der Waals surface area contributed by atoms with Crippen LogP contribution in [-0.4, -0.2) is 18.4 Å². The van der Waals surface area contributed by atoms with Crippen molar-refractivity contribution in [3.8, 4) is 11.5 Å². The molecule has 24 heavy (non-hydrogen) atoms. The predicted octanol–water partition coefficient (Wildman–Crippen LogP) is 3.16. The second-order valence-electron chi connectivity index (χ2n) is 5.40. The molecule has 0 spiro atoms. The zero-order valence-electron chi connectivity index (χ0n) is 13.4. The van der Waals surface area contributed by atoms with Gasteiger partial charge in [-0.1, -0.05) is 42.5 Å². The predicted molar refractivity (Wildman–Crippen MR) is 93.0 cm³/mol. The van der Waals surface area contributed by atoms with Gasteiger partial charge in [0, 0.05) is 0 Å². The number of benzene rings is 2. The van der Waals surface area contributed by atoms with Crippen molar-refractivity contribution in [3.63, 3.8) is 0 Å². The van der Waals surface area contributed by atoms with Crippen molar-refractivity contribution in [2.45, 2.75) is 13.3 Å². The molecule has 0 radical (unpaired) electrons. The zero-order valence-corrected chi connectivity index (χ0v) is 13.4. The summed E-state index contributed by atoms with van der Waals surface area (Å²) in [4.78, 5) is 11.8. The Morgan fingerprint density at radius 3 is 2.79 bits per heavy atom. The Bertz CT molecular complexity index is 782. The van der Waals surface area contributed by atoms with E-state index < -0.39 is 0 Å². The average Bonchev–Trinajstić information content (AvgIpc) is 3.07. The minimum absolute atomic E-state index is 0.142. The van der Waals surface area contributed by atoms with E-state index in [2.05, 4.69) is 10.5 Å². The van der Waals surface area contributed by atoms with Gasteiger partial charge in [0.2, 0.25) is 12.7 Å². The topological polar surface area (TPSA) is 59.9 Å². The summed E-state index contributed by atoms with van der Waals surface area (Å²) in [5.74, 6) is 1.35. The van der Waals surface area contributed by atoms with E-state index >= 15 is 0 Å². The summed E-state index contributed by atoms with van der Waals surface area (Å²) < 4.78 is 10.6. The Morgan fingerprint density at radius 1 is 1.17 bits per heavy atom. The molecule has 0 aliphatic carbocycles. The van der Waals surface area contributed by atoms with Crippen LogP contribution >= 0.6 is 0 Å². The summed E-state index contributed by atoms with van der Waals surface area (Å²) in [7, 11) is 0. The lowest BCUT2D eigenvalue weighted by Crippen LogP contribution is -2.20. The van der Waals surface area contributed by atoms with Crippen molar-refractivity contribution in [1.82, 2.24) is 5.43 Å². The van der Waals surface area contributed by atoms with Crippen LogP contribution < -0.4 is 14.9 Å². The summed E-state index contributed by atoms with van der Waals surface area (Å²) in [5, 5.41) is 4.08. The number of allylic oxidation sites excluding steroid dienone is 1. The quantitative estimate of drug-likeness (QED) is 0.679. The van der Waals surface area contributed by atoms with Crippen LogP contribution in [0, 0.1) is 0 Å². The van der Waals surface area contributed by atoms with Crippen LogP contribution in [0.15, 0.2) is 59.7 Å². The van der Waals surface area contributed by atoms with Gasteiger partial charge < -0.3 is 9.47 Å². The third-order valence-electron chi connectivity index (χ3n) is 3.48. The average molecular weight is 322 g/mol. The van der Waals surface area contributed by atoms with Crippen molar-refractivity contribution in [2.75, 3.05) is 6.79 Å². The van der Waals surface area contributed by atoms with E-state index in [9.17, 15) is 4.79 Å². The highest BCUT2D eigenvalue weighted by molar-refractivity contribution is 5.97. The molecule has 1 amide bonds. The Balaban J connectivity index is 1.55. The van der Waals surface area contributed by atoms with Crippen molar-refractivity contribution in [3.05, 3.63) is 65.7 Å². The van der Waals surface area contributed by atoms with Gasteiger partial charge in [-0.15, -0.1) is 0 Å². The largest absolute Gasteiger partial charge is 0.454 e. The molecule has 1 heterocycles. The van der Waals surface area contributed by atoms with Crippen LogP contribution in [0.5, 0.6) is 11.5 Å². The standard InChI is InChI=1S/C19H18N2O3/c1-14(20-21-19(22)12-15-5-3-2-4-6-15)7-8-16-9-10-17-18(11-16)24-13-23-17/h2-11H,12-13H2,1H3,(H,21,22)/b8-7+,20-14-. The van der Waals surface area contributed by atoms with Gasteiger partial charge in [-0.05, 0) is 36.3 Å². The molecule has 5 heteroatoms. The number of rotatable bonds is 5. The molecular weight excluding hydrogens is 304 g/mol. The van der Waals surface area contributed by atoms with Crippen LogP contribution in [0.2, 0.25) is 0 Å². The number of hydrogen-bond donors (Lipinski definition) is 1. The number of hydrogen-bond acceptors (Lipinski definition) is 4. The van der Waals surface area contributed by atoms with Crippen LogP contribution in [0.3, 0.4) is 0 Å². The molecular formula is C19H18N2O3. The maximum Gasteiger partial charge on any atom is 0.244 e. The Labute approximate surface area is 140 Å². The highest BCUT2D eigenvalue weighted by Gasteiger charge is 2.12. The van der Waals surface area contributed by atoms with E-state index in [-0.39, 0.29) is 12.7 Å². The molecule has 3 rings (SSSR count). The second-order valence-corrected chi connectivity index (χ2v) is 5.40. The van der Waals surface area contributed by atoms with Crippen LogP contribution in [0.25, 0.3) is 6.08 Å². The fourth-order valence-corrected chi connectivity index (χ4v) is 2.24. The first-order valence-electron chi connectivity index (χ1n) is 7.65. The molecule has 2 aromatic carbocycles. The van der Waals surface area contributed by atoms with E-state index in [1.54, 1.807) is 0 Å². The van der Waals surface area contributed by atoms with Crippen molar-refractivity contribution in [2.24, 2.45) is 5.10 Å². The molecule has 0 unspecified atom stereocenters. The number of carbonyl (C=O) groups excluding carboxylic acids is 1. The Kier molecular flexibility index (Phi) is 4.91. The molecule has 5 nitrogen and oxygen atoms in total. The van der Waals surface area contributed by atoms with Gasteiger partial charge >= 0.3 is 0 Å². The van der Waals surface area contributed by atoms with Gasteiger partial charge in [-0.2, -0.15) is 5.10 Å². The highest BCUT2D eigenvalue weighted by Crippen LogP contribution is 2.32. The molecule has 0 saturated carbocycles. The Morgan fingerprint density at radius 2 is 1.96 bits per heavy atom. The SMILES string of the molecule is CC(/C=C/c1ccc2c(c1)OCO2)=N/NC(=O)Cc1ccccc1. The summed E-state index contributed by atoms with van der Waals surface area (Å²) in [6.07, 6.45) is 4.05. The van der Waals surface area contributed by atoms with Crippen molar-refractivity contribution < 1.29 is 14.3 Å². The first kappa shape index (κ1) is 15.8. The van der Waals surface area contributed by atoms with Crippen LogP contribution in [0.4, 0.5) is 0 Å². The number of amides is 1. The van der Waals surface area contributed by atoms with E-state index in [1.807, 2.05) is 67.6 Å². The molecule has 1 N–H and O–H groups in total. The molecule has 122 valence electrons. The normalized spacial score (nSPS) is 13.3. The number of ether oxygens (including phenoxy) is 2. The molecule has 0 saturated heterocycles. The number of carbonyl (C=O) groups is 1. The lowest BCUT2D eigenvalue weighted by Gasteiger charge is -2.01. The summed E-state index contributed by atoms with van der Waals surface area (Å²) in [5.41, 5.74) is 5.20. The van der Waals surface area contributed by atoms with E-state index in [1.165, 1.54) is 0 Å². The molecule has 0 bridgehead atoms. The maximum atomic E-state index is 11.8. The third kappa shape index (κ3) is 4.23. The van der Waals surface area contributed by atoms with E-state index in [0.29, 0.717) is 12.1 Å². The number of nitrogens with zero attached hydrogens (tertiary/aromatic N) is 1. The first-order chi connectivity index (χ1) is 11.7. The number of hydrazone groups is 1. The van der Waals surface area contributed by atoms with Crippen LogP contribution in [-0.2, 0) is 11.2 Å². The number of fused-ring (bicyclic) bond motifs is 1. The fourth-order valence-electron chi connectivity index (χ4n) is 2.24. The summed E-state index contributed by atoms with van der Waals surface area (Å²) in [6, 6.07) is 15.3. The second kappa shape index (κ2) is 7.46. The van der Waals surface area contributed by atoms with Crippen molar-refractivity contribution >= 4 is 17.7 Å². The van der Waals surface area contributed by atoms with E-state index in [0.717, 1.165) is 22.6 Å². The van der Waals surface area contributed by atoms with Gasteiger partial charge in [0.15, 0.2) is 11.5 Å². The first-order valence-corrected chi connectivity index (χ1v) is 7.65. The molecule has 1 aliphatic rings. The maximum absolute atomic E-state index is 11.8. The number of nitrogens with one attached hydrogen (secondary N) is 1. The van der Waals surface area contributed by atoms with Gasteiger partial charge in [0.25, 0.3) is 0 Å². The Hall–Kier alpha value is -3.08. The molecule has 0 fully saturated rings. The van der Waals surface area contributed by atoms with Gasteiger partial charge in [0.05, 0.1) is 12.1 Å². The lowest BCUT2D eigenvalue weighted by atomic mass is 10.1. The highest BCUT2D eigenvalue weighted by atomic mass is 16.7. The minimum Gasteiger partial charge on any atom is -0.454 e. The lowest BCUT2D eigenvalue weighted by molar-refractivity contribution is -0.120. The van der Waals surface area contributed by atoms with Gasteiger partial charge in [-0.3, -0.25) is 4.79 Å². The molecule has 1 aliphatic heterocycles. The van der Waals surface area contributed by atoms with Gasteiger partial charge in [0.1, 0.15) is 0 Å². The minimum atomic E-state index is -0.142.